The van der Waals surface area contributed by atoms with Crippen molar-refractivity contribution in [1.29, 1.82) is 0 Å². The van der Waals surface area contributed by atoms with Gasteiger partial charge in [0.2, 0.25) is 0 Å². The van der Waals surface area contributed by atoms with Crippen molar-refractivity contribution >= 4 is 29.9 Å². The molecule has 22 heavy (non-hydrogen) atoms. The van der Waals surface area contributed by atoms with Crippen molar-refractivity contribution in [3.63, 3.8) is 0 Å². The van der Waals surface area contributed by atoms with Gasteiger partial charge in [-0.2, -0.15) is 0 Å². The largest absolute Gasteiger partial charge is 0.479 e. The number of halogens is 2. The van der Waals surface area contributed by atoms with Crippen molar-refractivity contribution in [1.82, 2.24) is 10.6 Å². The van der Waals surface area contributed by atoms with Gasteiger partial charge < -0.3 is 15.4 Å². The molecule has 1 heterocycles. The van der Waals surface area contributed by atoms with Crippen LogP contribution in [0.1, 0.15) is 26.7 Å². The molecule has 0 spiro atoms. The first-order valence-corrected chi connectivity index (χ1v) is 7.92. The first-order valence-electron chi connectivity index (χ1n) is 7.54. The lowest BCUT2D eigenvalue weighted by Gasteiger charge is -2.31. The molecule has 4 nitrogen and oxygen atoms in total. The molecular formula is C16H24Cl2N2O2. The third-order valence-corrected chi connectivity index (χ3v) is 4.24. The van der Waals surface area contributed by atoms with E-state index in [1.165, 1.54) is 0 Å². The van der Waals surface area contributed by atoms with Gasteiger partial charge in [0, 0.05) is 12.6 Å². The predicted octanol–water partition coefficient (Wildman–Crippen LogP) is 3.03. The Bertz CT molecular complexity index is 485. The summed E-state index contributed by atoms with van der Waals surface area (Å²) < 4.78 is 5.77. The Hall–Kier alpha value is -0.970. The highest BCUT2D eigenvalue weighted by atomic mass is 35.5. The first-order chi connectivity index (χ1) is 10.1. The van der Waals surface area contributed by atoms with Crippen LogP contribution in [0.15, 0.2) is 24.3 Å². The summed E-state index contributed by atoms with van der Waals surface area (Å²) in [6, 6.07) is 7.39. The van der Waals surface area contributed by atoms with Crippen LogP contribution in [-0.4, -0.2) is 31.1 Å². The lowest BCUT2D eigenvalue weighted by atomic mass is 9.94. The lowest BCUT2D eigenvalue weighted by Crippen LogP contribution is -2.53. The van der Waals surface area contributed by atoms with E-state index in [9.17, 15) is 4.79 Å². The second-order valence-electron chi connectivity index (χ2n) is 5.53. The van der Waals surface area contributed by atoms with E-state index in [0.717, 1.165) is 19.5 Å². The maximum atomic E-state index is 12.4. The second-order valence-corrected chi connectivity index (χ2v) is 5.94. The zero-order valence-electron chi connectivity index (χ0n) is 13.0. The number of ether oxygens (including phenoxy) is 1. The van der Waals surface area contributed by atoms with Crippen molar-refractivity contribution < 1.29 is 9.53 Å². The van der Waals surface area contributed by atoms with Gasteiger partial charge in [0.25, 0.3) is 5.91 Å². The highest BCUT2D eigenvalue weighted by Crippen LogP contribution is 2.25. The number of nitrogens with one attached hydrogen (secondary N) is 2. The Kier molecular flexibility index (Phi) is 8.01. The summed E-state index contributed by atoms with van der Waals surface area (Å²) >= 11 is 6.08. The van der Waals surface area contributed by atoms with Crippen LogP contribution in [0.3, 0.4) is 0 Å². The molecule has 2 N–H and O–H groups in total. The predicted molar refractivity (Wildman–Crippen MR) is 92.0 cm³/mol. The number of rotatable bonds is 5. The van der Waals surface area contributed by atoms with Gasteiger partial charge in [-0.05, 0) is 37.4 Å². The van der Waals surface area contributed by atoms with Gasteiger partial charge in [-0.25, -0.2) is 0 Å². The molecule has 0 radical (unpaired) electrons. The minimum absolute atomic E-state index is 0. The molecule has 1 aromatic carbocycles. The Morgan fingerprint density at radius 3 is 2.86 bits per heavy atom. The Labute approximate surface area is 143 Å². The number of piperidine rings is 1. The monoisotopic (exact) mass is 346 g/mol. The lowest BCUT2D eigenvalue weighted by molar-refractivity contribution is -0.129. The van der Waals surface area contributed by atoms with Crippen LogP contribution in [-0.2, 0) is 4.79 Å². The van der Waals surface area contributed by atoms with Gasteiger partial charge in [-0.15, -0.1) is 12.4 Å². The van der Waals surface area contributed by atoms with Gasteiger partial charge in [0.05, 0.1) is 5.02 Å². The van der Waals surface area contributed by atoms with Crippen LogP contribution in [0.25, 0.3) is 0 Å². The molecule has 1 aliphatic heterocycles. The van der Waals surface area contributed by atoms with E-state index in [-0.39, 0.29) is 24.4 Å². The molecule has 0 aliphatic carbocycles. The molecule has 3 atom stereocenters. The summed E-state index contributed by atoms with van der Waals surface area (Å²) in [5, 5.41) is 6.92. The van der Waals surface area contributed by atoms with Crippen LogP contribution in [0, 0.1) is 5.92 Å². The van der Waals surface area contributed by atoms with E-state index >= 15 is 0 Å². The first kappa shape index (κ1) is 19.1. The molecule has 1 fully saturated rings. The molecule has 1 saturated heterocycles. The van der Waals surface area contributed by atoms with Gasteiger partial charge in [-0.3, -0.25) is 4.79 Å². The number of para-hydroxylation sites is 1. The normalized spacial score (nSPS) is 22.3. The van der Waals surface area contributed by atoms with Gasteiger partial charge in [0.15, 0.2) is 6.10 Å². The van der Waals surface area contributed by atoms with Crippen LogP contribution in [0.2, 0.25) is 5.02 Å². The summed E-state index contributed by atoms with van der Waals surface area (Å²) in [4.78, 5) is 12.4. The number of hydrogen-bond acceptors (Lipinski definition) is 3. The number of amides is 1. The average Bonchev–Trinajstić information content (AvgIpc) is 2.48. The average molecular weight is 347 g/mol. The molecule has 2 rings (SSSR count). The molecule has 0 aromatic heterocycles. The van der Waals surface area contributed by atoms with Crippen molar-refractivity contribution in [3.05, 3.63) is 29.3 Å². The van der Waals surface area contributed by atoms with Crippen LogP contribution in [0.5, 0.6) is 5.75 Å². The number of hydrogen-bond donors (Lipinski definition) is 2. The van der Waals surface area contributed by atoms with E-state index in [4.69, 9.17) is 16.3 Å². The van der Waals surface area contributed by atoms with Crippen molar-refractivity contribution in [3.8, 4) is 5.75 Å². The van der Waals surface area contributed by atoms with Crippen molar-refractivity contribution in [2.45, 2.75) is 38.8 Å². The smallest absolute Gasteiger partial charge is 0.261 e. The number of benzene rings is 1. The topological polar surface area (TPSA) is 50.4 Å². The van der Waals surface area contributed by atoms with E-state index in [1.807, 2.05) is 19.1 Å². The molecular weight excluding hydrogens is 323 g/mol. The quantitative estimate of drug-likeness (QED) is 0.861. The molecule has 6 heteroatoms. The summed E-state index contributed by atoms with van der Waals surface area (Å²) in [7, 11) is 0. The molecule has 1 aromatic rings. The van der Waals surface area contributed by atoms with Gasteiger partial charge in [-0.1, -0.05) is 37.6 Å². The molecule has 124 valence electrons. The minimum atomic E-state index is -0.515. The van der Waals surface area contributed by atoms with Crippen LogP contribution < -0.4 is 15.4 Å². The Morgan fingerprint density at radius 1 is 1.50 bits per heavy atom. The molecule has 0 saturated carbocycles. The zero-order valence-corrected chi connectivity index (χ0v) is 14.5. The molecule has 0 bridgehead atoms. The number of carbonyl (C=O) groups excluding carboxylic acids is 1. The van der Waals surface area contributed by atoms with E-state index in [0.29, 0.717) is 23.1 Å². The van der Waals surface area contributed by atoms with E-state index < -0.39 is 6.10 Å². The molecule has 1 amide bonds. The third-order valence-electron chi connectivity index (χ3n) is 3.92. The van der Waals surface area contributed by atoms with Crippen molar-refractivity contribution in [2.75, 3.05) is 13.1 Å². The van der Waals surface area contributed by atoms with Gasteiger partial charge >= 0.3 is 0 Å². The van der Waals surface area contributed by atoms with Gasteiger partial charge in [0.1, 0.15) is 5.75 Å². The highest BCUT2D eigenvalue weighted by Gasteiger charge is 2.26. The minimum Gasteiger partial charge on any atom is -0.479 e. The van der Waals surface area contributed by atoms with Crippen molar-refractivity contribution in [2.24, 2.45) is 5.92 Å². The summed E-state index contributed by atoms with van der Waals surface area (Å²) in [6.45, 7) is 5.93. The SMILES string of the molecule is CCC(Oc1ccccc1Cl)C(=O)NC1CNCCC1C.Cl. The van der Waals surface area contributed by atoms with Crippen LogP contribution >= 0.6 is 24.0 Å². The maximum Gasteiger partial charge on any atom is 0.261 e. The maximum absolute atomic E-state index is 12.4. The highest BCUT2D eigenvalue weighted by molar-refractivity contribution is 6.32. The molecule has 3 unspecified atom stereocenters. The summed E-state index contributed by atoms with van der Waals surface area (Å²) in [5.41, 5.74) is 0. The molecule has 1 aliphatic rings. The number of carbonyl (C=O) groups is 1. The fourth-order valence-corrected chi connectivity index (χ4v) is 2.65. The Morgan fingerprint density at radius 2 is 2.23 bits per heavy atom. The van der Waals surface area contributed by atoms with E-state index in [2.05, 4.69) is 17.6 Å². The van der Waals surface area contributed by atoms with E-state index in [1.54, 1.807) is 12.1 Å². The van der Waals surface area contributed by atoms with Crippen LogP contribution in [0.4, 0.5) is 0 Å². The third kappa shape index (κ3) is 5.04. The fourth-order valence-electron chi connectivity index (χ4n) is 2.47. The fraction of sp³-hybridized carbons (Fsp3) is 0.562. The summed E-state index contributed by atoms with van der Waals surface area (Å²) in [6.07, 6.45) is 1.16. The Balaban J connectivity index is 0.00000242. The second kappa shape index (κ2) is 9.23. The zero-order chi connectivity index (χ0) is 15.2. The standard InChI is InChI=1S/C16H23ClN2O2.ClH/c1-3-14(21-15-7-5-4-6-12(15)17)16(20)19-13-10-18-9-8-11(13)2;/h4-7,11,13-14,18H,3,8-10H2,1-2H3,(H,19,20);1H. The summed E-state index contributed by atoms with van der Waals surface area (Å²) in [5.74, 6) is 0.960.